The maximum absolute atomic E-state index is 12.0. The molecule has 2 fully saturated rings. The summed E-state index contributed by atoms with van der Waals surface area (Å²) in [5.74, 6) is 0.513. The van der Waals surface area contributed by atoms with Crippen LogP contribution in [0.2, 0.25) is 0 Å². The summed E-state index contributed by atoms with van der Waals surface area (Å²) in [6.45, 7) is 7.13. The standard InChI is InChI=1S/C20H26N4O2/c25-19-17(18(20(19)26)24-10-7-21-8-11-24)22-12-16-6-9-23(14-16)13-15-4-2-1-3-5-15/h1-5,16,21-22H,6-14H2. The van der Waals surface area contributed by atoms with Crippen LogP contribution in [0.1, 0.15) is 12.0 Å². The van der Waals surface area contributed by atoms with Gasteiger partial charge in [-0.15, -0.1) is 0 Å². The monoisotopic (exact) mass is 354 g/mol. The summed E-state index contributed by atoms with van der Waals surface area (Å²) in [5.41, 5.74) is 1.81. The van der Waals surface area contributed by atoms with Crippen molar-refractivity contribution in [3.63, 3.8) is 0 Å². The molecule has 0 radical (unpaired) electrons. The predicted octanol–water partition coefficient (Wildman–Crippen LogP) is 0.626. The molecule has 4 rings (SSSR count). The van der Waals surface area contributed by atoms with Crippen LogP contribution in [-0.4, -0.2) is 50.7 Å². The number of piperazine rings is 1. The largest absolute Gasteiger partial charge is 0.380 e. The molecular weight excluding hydrogens is 328 g/mol. The number of nitrogens with zero attached hydrogens (tertiary/aromatic N) is 2. The van der Waals surface area contributed by atoms with E-state index in [-0.39, 0.29) is 10.9 Å². The lowest BCUT2D eigenvalue weighted by Crippen LogP contribution is -2.50. The van der Waals surface area contributed by atoms with Crippen molar-refractivity contribution in [3.05, 3.63) is 56.3 Å². The van der Waals surface area contributed by atoms with E-state index in [9.17, 15) is 9.59 Å². The molecule has 1 atom stereocenters. The highest BCUT2D eigenvalue weighted by atomic mass is 16.2. The average molecular weight is 354 g/mol. The molecule has 2 aliphatic heterocycles. The Balaban J connectivity index is 1.32. The maximum atomic E-state index is 12.0. The van der Waals surface area contributed by atoms with Gasteiger partial charge in [0.25, 0.3) is 10.9 Å². The Bertz CT molecular complexity index is 807. The lowest BCUT2D eigenvalue weighted by atomic mass is 10.1. The first-order chi connectivity index (χ1) is 12.7. The SMILES string of the molecule is O=c1c(NCC2CCN(Cc3ccccc3)C2)c(N2CCNCC2)c1=O. The van der Waals surface area contributed by atoms with Gasteiger partial charge in [0.2, 0.25) is 0 Å². The van der Waals surface area contributed by atoms with Crippen molar-refractivity contribution in [1.82, 2.24) is 10.2 Å². The molecule has 2 aliphatic rings. The zero-order valence-electron chi connectivity index (χ0n) is 15.0. The van der Waals surface area contributed by atoms with E-state index < -0.39 is 0 Å². The molecule has 0 aliphatic carbocycles. The van der Waals surface area contributed by atoms with Gasteiger partial charge >= 0.3 is 0 Å². The van der Waals surface area contributed by atoms with Gasteiger partial charge in [0.05, 0.1) is 0 Å². The molecule has 2 N–H and O–H groups in total. The first-order valence-electron chi connectivity index (χ1n) is 9.51. The normalized spacial score (nSPS) is 21.4. The van der Waals surface area contributed by atoms with E-state index in [2.05, 4.69) is 39.8 Å². The summed E-state index contributed by atoms with van der Waals surface area (Å²) in [4.78, 5) is 28.5. The van der Waals surface area contributed by atoms with Crippen molar-refractivity contribution in [2.45, 2.75) is 13.0 Å². The molecule has 26 heavy (non-hydrogen) atoms. The van der Waals surface area contributed by atoms with E-state index >= 15 is 0 Å². The van der Waals surface area contributed by atoms with Gasteiger partial charge in [-0.2, -0.15) is 0 Å². The Morgan fingerprint density at radius 2 is 1.81 bits per heavy atom. The molecule has 138 valence electrons. The first kappa shape index (κ1) is 17.2. The molecule has 0 aromatic heterocycles. The highest BCUT2D eigenvalue weighted by Gasteiger charge is 2.28. The van der Waals surface area contributed by atoms with Crippen molar-refractivity contribution in [2.75, 3.05) is 56.0 Å². The molecule has 0 bridgehead atoms. The van der Waals surface area contributed by atoms with Gasteiger partial charge in [0, 0.05) is 45.8 Å². The maximum Gasteiger partial charge on any atom is 0.253 e. The minimum absolute atomic E-state index is 0.327. The molecule has 2 aromatic rings. The van der Waals surface area contributed by atoms with Crippen LogP contribution in [0, 0.1) is 5.92 Å². The minimum Gasteiger partial charge on any atom is -0.380 e. The van der Waals surface area contributed by atoms with Crippen LogP contribution in [0.15, 0.2) is 39.9 Å². The third kappa shape index (κ3) is 3.52. The molecule has 6 nitrogen and oxygen atoms in total. The molecule has 1 unspecified atom stereocenters. The number of hydrogen-bond donors (Lipinski definition) is 2. The lowest BCUT2D eigenvalue weighted by molar-refractivity contribution is 0.319. The van der Waals surface area contributed by atoms with Gasteiger partial charge in [-0.05, 0) is 24.4 Å². The Kier molecular flexibility index (Phi) is 5.04. The second-order valence-corrected chi connectivity index (χ2v) is 7.38. The Morgan fingerprint density at radius 1 is 1.04 bits per heavy atom. The second-order valence-electron chi connectivity index (χ2n) is 7.38. The summed E-state index contributed by atoms with van der Waals surface area (Å²) in [6.07, 6.45) is 1.12. The van der Waals surface area contributed by atoms with Crippen LogP contribution < -0.4 is 26.4 Å². The summed E-state index contributed by atoms with van der Waals surface area (Å²) in [7, 11) is 0. The minimum atomic E-state index is -0.349. The highest BCUT2D eigenvalue weighted by Crippen LogP contribution is 2.23. The van der Waals surface area contributed by atoms with E-state index in [4.69, 9.17) is 0 Å². The molecule has 0 saturated carbocycles. The van der Waals surface area contributed by atoms with Crippen LogP contribution in [0.5, 0.6) is 0 Å². The van der Waals surface area contributed by atoms with Crippen LogP contribution in [-0.2, 0) is 6.54 Å². The van der Waals surface area contributed by atoms with Crippen molar-refractivity contribution < 1.29 is 0 Å². The van der Waals surface area contributed by atoms with Crippen molar-refractivity contribution in [1.29, 1.82) is 0 Å². The van der Waals surface area contributed by atoms with Gasteiger partial charge in [-0.25, -0.2) is 0 Å². The smallest absolute Gasteiger partial charge is 0.253 e. The van der Waals surface area contributed by atoms with Crippen LogP contribution in [0.25, 0.3) is 0 Å². The Morgan fingerprint density at radius 3 is 2.58 bits per heavy atom. The molecule has 0 amide bonds. The number of rotatable bonds is 6. The fraction of sp³-hybridized carbons (Fsp3) is 0.500. The van der Waals surface area contributed by atoms with Gasteiger partial charge in [0.1, 0.15) is 11.4 Å². The third-order valence-corrected chi connectivity index (χ3v) is 5.50. The van der Waals surface area contributed by atoms with Crippen molar-refractivity contribution in [2.24, 2.45) is 5.92 Å². The van der Waals surface area contributed by atoms with E-state index in [1.807, 2.05) is 11.0 Å². The summed E-state index contributed by atoms with van der Waals surface area (Å²) in [6, 6.07) is 10.5. The fourth-order valence-corrected chi connectivity index (χ4v) is 4.04. The number of nitrogens with one attached hydrogen (secondary N) is 2. The van der Waals surface area contributed by atoms with Crippen LogP contribution >= 0.6 is 0 Å². The average Bonchev–Trinajstić information content (AvgIpc) is 3.13. The number of benzene rings is 1. The number of anilines is 2. The van der Waals surface area contributed by atoms with Crippen LogP contribution in [0.4, 0.5) is 11.4 Å². The molecule has 6 heteroatoms. The zero-order chi connectivity index (χ0) is 17.9. The van der Waals surface area contributed by atoms with E-state index in [1.54, 1.807) is 0 Å². The second kappa shape index (κ2) is 7.60. The first-order valence-corrected chi connectivity index (χ1v) is 9.51. The summed E-state index contributed by atoms with van der Waals surface area (Å²) < 4.78 is 0. The zero-order valence-corrected chi connectivity index (χ0v) is 15.0. The lowest BCUT2D eigenvalue weighted by Gasteiger charge is -2.31. The van der Waals surface area contributed by atoms with Crippen LogP contribution in [0.3, 0.4) is 0 Å². The van der Waals surface area contributed by atoms with Gasteiger partial charge in [0.15, 0.2) is 0 Å². The molecule has 2 aromatic carbocycles. The summed E-state index contributed by atoms with van der Waals surface area (Å²) >= 11 is 0. The molecule has 2 heterocycles. The number of hydrogen-bond acceptors (Lipinski definition) is 6. The quantitative estimate of drug-likeness (QED) is 0.742. The van der Waals surface area contributed by atoms with Gasteiger partial charge < -0.3 is 15.5 Å². The summed E-state index contributed by atoms with van der Waals surface area (Å²) in [5, 5.41) is 6.57. The molecule has 0 spiro atoms. The third-order valence-electron chi connectivity index (χ3n) is 5.50. The van der Waals surface area contributed by atoms with Gasteiger partial charge in [-0.1, -0.05) is 30.3 Å². The fourth-order valence-electron chi connectivity index (χ4n) is 4.04. The molecular formula is C20H26N4O2. The predicted molar refractivity (Wildman–Crippen MR) is 105 cm³/mol. The molecule has 2 saturated heterocycles. The van der Waals surface area contributed by atoms with Crippen molar-refractivity contribution >= 4 is 11.4 Å². The van der Waals surface area contributed by atoms with E-state index in [0.717, 1.165) is 58.8 Å². The Labute approximate surface area is 153 Å². The van der Waals surface area contributed by atoms with Crippen molar-refractivity contribution in [3.8, 4) is 0 Å². The topological polar surface area (TPSA) is 64.7 Å². The van der Waals surface area contributed by atoms with E-state index in [1.165, 1.54) is 5.56 Å². The van der Waals surface area contributed by atoms with E-state index in [0.29, 0.717) is 17.3 Å². The highest BCUT2D eigenvalue weighted by molar-refractivity contribution is 5.75. The Hall–Kier alpha value is -2.18. The number of likely N-dealkylation sites (tertiary alicyclic amines) is 1. The van der Waals surface area contributed by atoms with Gasteiger partial charge in [-0.3, -0.25) is 14.5 Å².